The largest absolute Gasteiger partial charge is 0.341 e. The van der Waals surface area contributed by atoms with Crippen molar-refractivity contribution < 1.29 is 14.0 Å². The van der Waals surface area contributed by atoms with E-state index < -0.39 is 17.1 Å². The SMILES string of the molecule is O=C(Cn1cc(-c2cccc(F)c2Cl)c(=O)n(Cc2nn[nH]n2)c1=O)N1CCC(N2CCc3ccccc3NC2=O)CC1. The molecule has 3 amide bonds. The standard InChI is InChI=1S/C28H27ClFN9O4/c29-25-19(5-3-6-21(25)30)20-14-37(28(43)39(26(20)41)15-23-32-34-35-33-23)16-24(40)36-11-9-18(10-12-36)38-13-8-17-4-1-2-7-22(17)31-27(38)42/h1-7,14,18H,8-13,15-16H2,(H,31,42)(H,32,33,34,35). The molecule has 0 atom stereocenters. The van der Waals surface area contributed by atoms with Gasteiger partial charge in [-0.2, -0.15) is 5.21 Å². The summed E-state index contributed by atoms with van der Waals surface area (Å²) in [6.07, 6.45) is 3.11. The van der Waals surface area contributed by atoms with Crippen LogP contribution in [0.1, 0.15) is 24.2 Å². The number of para-hydroxylation sites is 1. The normalized spacial score (nSPS) is 15.6. The molecule has 13 nitrogen and oxygen atoms in total. The van der Waals surface area contributed by atoms with E-state index in [1.807, 2.05) is 29.2 Å². The molecule has 43 heavy (non-hydrogen) atoms. The molecule has 1 saturated heterocycles. The van der Waals surface area contributed by atoms with Crippen LogP contribution in [-0.2, 0) is 24.3 Å². The summed E-state index contributed by atoms with van der Waals surface area (Å²) in [7, 11) is 0. The van der Waals surface area contributed by atoms with E-state index >= 15 is 0 Å². The fourth-order valence-electron chi connectivity index (χ4n) is 5.60. The Labute approximate surface area is 248 Å². The van der Waals surface area contributed by atoms with E-state index in [9.17, 15) is 23.6 Å². The van der Waals surface area contributed by atoms with Crippen LogP contribution < -0.4 is 16.6 Å². The van der Waals surface area contributed by atoms with Gasteiger partial charge < -0.3 is 15.1 Å². The number of nitrogens with one attached hydrogen (secondary N) is 2. The molecule has 1 fully saturated rings. The van der Waals surface area contributed by atoms with Gasteiger partial charge >= 0.3 is 11.7 Å². The molecule has 0 spiro atoms. The molecule has 0 unspecified atom stereocenters. The second-order valence-corrected chi connectivity index (χ2v) is 10.8. The molecule has 0 radical (unpaired) electrons. The second-order valence-electron chi connectivity index (χ2n) is 10.4. The van der Waals surface area contributed by atoms with Crippen LogP contribution in [0.2, 0.25) is 5.02 Å². The van der Waals surface area contributed by atoms with Crippen molar-refractivity contribution >= 4 is 29.2 Å². The molecule has 2 N–H and O–H groups in total. The average molecular weight is 608 g/mol. The number of tetrazole rings is 1. The maximum atomic E-state index is 14.3. The van der Waals surface area contributed by atoms with Gasteiger partial charge in [0.15, 0.2) is 5.82 Å². The third-order valence-corrected chi connectivity index (χ3v) is 8.26. The number of hydrogen-bond acceptors (Lipinski definition) is 7. The van der Waals surface area contributed by atoms with Gasteiger partial charge in [-0.3, -0.25) is 18.7 Å². The van der Waals surface area contributed by atoms with Gasteiger partial charge in [0.2, 0.25) is 5.91 Å². The highest BCUT2D eigenvalue weighted by molar-refractivity contribution is 6.33. The number of piperidine rings is 1. The van der Waals surface area contributed by atoms with Crippen molar-refractivity contribution in [3.63, 3.8) is 0 Å². The van der Waals surface area contributed by atoms with Gasteiger partial charge in [-0.1, -0.05) is 47.1 Å². The third-order valence-electron chi connectivity index (χ3n) is 7.87. The zero-order valence-corrected chi connectivity index (χ0v) is 23.6. The van der Waals surface area contributed by atoms with Gasteiger partial charge in [0.25, 0.3) is 5.56 Å². The number of hydrogen-bond donors (Lipinski definition) is 2. The number of benzene rings is 2. The van der Waals surface area contributed by atoms with Gasteiger partial charge in [-0.15, -0.1) is 10.2 Å². The molecule has 0 aliphatic carbocycles. The summed E-state index contributed by atoms with van der Waals surface area (Å²) in [4.78, 5) is 56.6. The van der Waals surface area contributed by atoms with Crippen LogP contribution in [-0.4, -0.2) is 77.2 Å². The minimum atomic E-state index is -0.768. The molecule has 0 saturated carbocycles. The van der Waals surface area contributed by atoms with Crippen LogP contribution in [0, 0.1) is 5.82 Å². The third kappa shape index (κ3) is 5.65. The van der Waals surface area contributed by atoms with Gasteiger partial charge in [0, 0.05) is 43.1 Å². The molecule has 6 rings (SSSR count). The molecule has 2 aliphatic rings. The van der Waals surface area contributed by atoms with Crippen molar-refractivity contribution in [3.8, 4) is 11.1 Å². The first-order valence-corrected chi connectivity index (χ1v) is 14.1. The maximum Gasteiger partial charge on any atom is 0.331 e. The number of fused-ring (bicyclic) bond motifs is 1. The summed E-state index contributed by atoms with van der Waals surface area (Å²) in [6, 6.07) is 11.5. The fraction of sp³-hybridized carbons (Fsp3) is 0.321. The molecule has 0 bridgehead atoms. The Morgan fingerprint density at radius 1 is 1.02 bits per heavy atom. The van der Waals surface area contributed by atoms with Crippen LogP contribution in [0.15, 0.2) is 58.3 Å². The summed E-state index contributed by atoms with van der Waals surface area (Å²) in [6.45, 7) is 0.663. The van der Waals surface area contributed by atoms with Gasteiger partial charge in [-0.25, -0.2) is 14.0 Å². The average Bonchev–Trinajstić information content (AvgIpc) is 3.46. The molecular formula is C28H27ClFN9O4. The zero-order valence-electron chi connectivity index (χ0n) is 22.9. The molecule has 15 heteroatoms. The Kier molecular flexibility index (Phi) is 7.76. The monoisotopic (exact) mass is 607 g/mol. The Hall–Kier alpha value is -4.85. The lowest BCUT2D eigenvalue weighted by atomic mass is 10.0. The van der Waals surface area contributed by atoms with Crippen LogP contribution >= 0.6 is 11.6 Å². The number of aromatic nitrogens is 6. The summed E-state index contributed by atoms with van der Waals surface area (Å²) in [5.41, 5.74) is 0.393. The fourth-order valence-corrected chi connectivity index (χ4v) is 5.83. The molecular weight excluding hydrogens is 581 g/mol. The summed E-state index contributed by atoms with van der Waals surface area (Å²) in [5.74, 6) is -1.00. The van der Waals surface area contributed by atoms with Gasteiger partial charge in [0.1, 0.15) is 12.4 Å². The predicted molar refractivity (Wildman–Crippen MR) is 154 cm³/mol. The number of likely N-dealkylation sites (tertiary alicyclic amines) is 1. The smallest absolute Gasteiger partial charge is 0.331 e. The number of H-pyrrole nitrogens is 1. The lowest BCUT2D eigenvalue weighted by Crippen LogP contribution is -2.51. The van der Waals surface area contributed by atoms with E-state index in [1.54, 1.807) is 4.90 Å². The topological polar surface area (TPSA) is 151 Å². The summed E-state index contributed by atoms with van der Waals surface area (Å²) in [5, 5.41) is 16.0. The van der Waals surface area contributed by atoms with Crippen molar-refractivity contribution in [3.05, 3.63) is 91.7 Å². The molecule has 2 aliphatic heterocycles. The van der Waals surface area contributed by atoms with Crippen LogP contribution in [0.3, 0.4) is 0 Å². The first kappa shape index (κ1) is 28.3. The number of amides is 3. The highest BCUT2D eigenvalue weighted by atomic mass is 35.5. The molecule has 4 heterocycles. The molecule has 2 aromatic carbocycles. The van der Waals surface area contributed by atoms with Crippen molar-refractivity contribution in [1.29, 1.82) is 0 Å². The molecule has 4 aromatic rings. The van der Waals surface area contributed by atoms with E-state index in [4.69, 9.17) is 11.6 Å². The summed E-state index contributed by atoms with van der Waals surface area (Å²) >= 11 is 6.18. The van der Waals surface area contributed by atoms with Crippen LogP contribution in [0.5, 0.6) is 0 Å². The maximum absolute atomic E-state index is 14.3. The number of aromatic amines is 1. The van der Waals surface area contributed by atoms with E-state index in [-0.39, 0.29) is 53.0 Å². The van der Waals surface area contributed by atoms with Crippen molar-refractivity contribution in [2.45, 2.75) is 38.4 Å². The Morgan fingerprint density at radius 2 is 1.81 bits per heavy atom. The first-order chi connectivity index (χ1) is 20.8. The first-order valence-electron chi connectivity index (χ1n) is 13.7. The zero-order chi connectivity index (χ0) is 30.1. The van der Waals surface area contributed by atoms with Crippen LogP contribution in [0.4, 0.5) is 14.9 Å². The molecule has 222 valence electrons. The van der Waals surface area contributed by atoms with E-state index in [0.717, 1.165) is 32.9 Å². The Balaban J connectivity index is 1.21. The van der Waals surface area contributed by atoms with Gasteiger partial charge in [0.05, 0.1) is 17.1 Å². The Bertz CT molecular complexity index is 1800. The van der Waals surface area contributed by atoms with E-state index in [1.165, 1.54) is 18.3 Å². The van der Waals surface area contributed by atoms with E-state index in [2.05, 4.69) is 25.9 Å². The quantitative estimate of drug-likeness (QED) is 0.341. The number of halogens is 2. The summed E-state index contributed by atoms with van der Waals surface area (Å²) < 4.78 is 16.2. The van der Waals surface area contributed by atoms with Crippen molar-refractivity contribution in [2.75, 3.05) is 25.0 Å². The molecule has 2 aromatic heterocycles. The van der Waals surface area contributed by atoms with Crippen LogP contribution in [0.25, 0.3) is 11.1 Å². The minimum absolute atomic E-state index is 0.0420. The Morgan fingerprint density at radius 3 is 2.58 bits per heavy atom. The van der Waals surface area contributed by atoms with Gasteiger partial charge in [-0.05, 0) is 37.0 Å². The highest BCUT2D eigenvalue weighted by Gasteiger charge is 2.31. The number of urea groups is 1. The lowest BCUT2D eigenvalue weighted by Gasteiger charge is -2.38. The minimum Gasteiger partial charge on any atom is -0.341 e. The number of anilines is 1. The van der Waals surface area contributed by atoms with Crippen molar-refractivity contribution in [1.82, 2.24) is 39.6 Å². The number of nitrogens with zero attached hydrogens (tertiary/aromatic N) is 7. The predicted octanol–water partition coefficient (Wildman–Crippen LogP) is 2.11. The highest BCUT2D eigenvalue weighted by Crippen LogP contribution is 2.28. The second kappa shape index (κ2) is 11.8. The van der Waals surface area contributed by atoms with E-state index in [0.29, 0.717) is 32.5 Å². The lowest BCUT2D eigenvalue weighted by molar-refractivity contribution is -0.133. The number of carbonyl (C=O) groups is 2. The number of carbonyl (C=O) groups excluding carboxylic acids is 2. The van der Waals surface area contributed by atoms with Crippen molar-refractivity contribution in [2.24, 2.45) is 0 Å². The number of rotatable bonds is 6.